The molecule has 0 saturated heterocycles. The van der Waals surface area contributed by atoms with E-state index in [0.717, 1.165) is 11.1 Å². The Morgan fingerprint density at radius 3 is 2.16 bits per heavy atom. The average molecular weight is 448 g/mol. The van der Waals surface area contributed by atoms with Crippen LogP contribution in [0.3, 0.4) is 0 Å². The number of carbonyl (C=O) groups is 1. The van der Waals surface area contributed by atoms with Crippen LogP contribution in [-0.2, 0) is 26.1 Å². The molecule has 0 amide bonds. The number of nitrogens with zero attached hydrogens (tertiary/aromatic N) is 1. The van der Waals surface area contributed by atoms with Crippen molar-refractivity contribution in [1.29, 1.82) is 0 Å². The van der Waals surface area contributed by atoms with Gasteiger partial charge in [0.25, 0.3) is 0 Å². The minimum absolute atomic E-state index is 0.0782. The molecular weight excluding hydrogens is 414 g/mol. The highest BCUT2D eigenvalue weighted by atomic mass is 32.2. The molecule has 1 N–H and O–H groups in total. The molecule has 0 aliphatic heterocycles. The molecule has 6 nitrogen and oxygen atoms in total. The zero-order valence-corrected chi connectivity index (χ0v) is 19.7. The molecule has 2 aromatic carbocycles. The fourth-order valence-corrected chi connectivity index (χ4v) is 4.96. The highest BCUT2D eigenvalue weighted by Gasteiger charge is 2.37. The van der Waals surface area contributed by atoms with Gasteiger partial charge in [-0.2, -0.15) is 4.31 Å². The Balaban J connectivity index is 2.50. The van der Waals surface area contributed by atoms with E-state index in [4.69, 9.17) is 4.74 Å². The van der Waals surface area contributed by atoms with Crippen LogP contribution < -0.4 is 0 Å². The first-order valence-corrected chi connectivity index (χ1v) is 11.8. The molecule has 0 aromatic heterocycles. The lowest BCUT2D eigenvalue weighted by Gasteiger charge is -2.34. The zero-order chi connectivity index (χ0) is 23.2. The number of rotatable bonds is 9. The molecule has 170 valence electrons. The summed E-state index contributed by atoms with van der Waals surface area (Å²) < 4.78 is 34.1. The van der Waals surface area contributed by atoms with Gasteiger partial charge in [-0.05, 0) is 51.3 Å². The van der Waals surface area contributed by atoms with Crippen molar-refractivity contribution in [3.8, 4) is 0 Å². The van der Waals surface area contributed by atoms with Crippen LogP contribution in [0, 0.1) is 12.8 Å². The summed E-state index contributed by atoms with van der Waals surface area (Å²) in [6.07, 6.45) is -0.156. The van der Waals surface area contributed by atoms with Crippen molar-refractivity contribution >= 4 is 16.0 Å². The molecule has 0 fully saturated rings. The summed E-state index contributed by atoms with van der Waals surface area (Å²) in [4.78, 5) is 12.8. The number of aliphatic hydroxyl groups excluding tert-OH is 1. The van der Waals surface area contributed by atoms with Crippen molar-refractivity contribution in [2.75, 3.05) is 6.61 Å². The third kappa shape index (κ3) is 7.16. The highest BCUT2D eigenvalue weighted by Crippen LogP contribution is 2.27. The Morgan fingerprint density at radius 1 is 1.06 bits per heavy atom. The Labute approximate surface area is 185 Å². The van der Waals surface area contributed by atoms with Crippen molar-refractivity contribution in [2.45, 2.75) is 64.1 Å². The number of esters is 1. The second kappa shape index (κ2) is 10.4. The summed E-state index contributed by atoms with van der Waals surface area (Å²) >= 11 is 0. The third-order valence-electron chi connectivity index (χ3n) is 4.92. The van der Waals surface area contributed by atoms with Crippen molar-refractivity contribution in [1.82, 2.24) is 4.31 Å². The van der Waals surface area contributed by atoms with Crippen LogP contribution in [-0.4, -0.2) is 42.0 Å². The molecule has 0 aliphatic carbocycles. The maximum Gasteiger partial charge on any atom is 0.307 e. The quantitative estimate of drug-likeness (QED) is 0.589. The van der Waals surface area contributed by atoms with E-state index in [1.165, 1.54) is 4.31 Å². The number of hydrogen-bond acceptors (Lipinski definition) is 5. The molecule has 0 spiro atoms. The summed E-state index contributed by atoms with van der Waals surface area (Å²) in [5, 5.41) is 9.86. The number of ether oxygens (including phenoxy) is 1. The Morgan fingerprint density at radius 2 is 1.65 bits per heavy atom. The summed E-state index contributed by atoms with van der Waals surface area (Å²) in [5.41, 5.74) is 1.05. The number of carbonyl (C=O) groups excluding carboxylic acids is 1. The zero-order valence-electron chi connectivity index (χ0n) is 18.9. The predicted molar refractivity (Wildman–Crippen MR) is 121 cm³/mol. The van der Waals surface area contributed by atoms with Gasteiger partial charge in [-0.15, -0.1) is 0 Å². The highest BCUT2D eigenvalue weighted by molar-refractivity contribution is 7.89. The summed E-state index contributed by atoms with van der Waals surface area (Å²) in [5.74, 6) is -0.980. The van der Waals surface area contributed by atoms with Gasteiger partial charge in [-0.1, -0.05) is 55.0 Å². The molecule has 0 unspecified atom stereocenters. The van der Waals surface area contributed by atoms with E-state index in [2.05, 4.69) is 0 Å². The van der Waals surface area contributed by atoms with Gasteiger partial charge in [0.05, 0.1) is 11.3 Å². The normalized spacial score (nSPS) is 14.3. The fourth-order valence-electron chi connectivity index (χ4n) is 3.25. The molecule has 0 radical (unpaired) electrons. The van der Waals surface area contributed by atoms with Crippen molar-refractivity contribution < 1.29 is 23.1 Å². The van der Waals surface area contributed by atoms with Crippen LogP contribution in [0.5, 0.6) is 0 Å². The number of aliphatic hydroxyl groups is 1. The Bertz CT molecular complexity index is 950. The second-order valence-electron chi connectivity index (χ2n) is 8.87. The van der Waals surface area contributed by atoms with Gasteiger partial charge in [0, 0.05) is 19.2 Å². The number of hydrogen-bond donors (Lipinski definition) is 1. The minimum Gasteiger partial charge on any atom is -0.460 e. The molecule has 0 heterocycles. The second-order valence-corrected chi connectivity index (χ2v) is 10.8. The standard InChI is InChI=1S/C24H33NO5S/c1-18-11-13-21(14-12-18)31(28,29)25(16-20-9-7-6-8-10-20)22(19(2)17-26)15-23(27)30-24(3,4)5/h6-14,19,22,26H,15-17H2,1-5H3/t19-,22+/m1/s1. The Kier molecular flexibility index (Phi) is 8.40. The smallest absolute Gasteiger partial charge is 0.307 e. The summed E-state index contributed by atoms with van der Waals surface area (Å²) in [6, 6.07) is 15.1. The maximum atomic E-state index is 13.7. The number of benzene rings is 2. The van der Waals surface area contributed by atoms with Gasteiger partial charge >= 0.3 is 5.97 Å². The lowest BCUT2D eigenvalue weighted by atomic mass is 9.99. The van der Waals surface area contributed by atoms with Gasteiger partial charge < -0.3 is 9.84 Å². The molecule has 7 heteroatoms. The third-order valence-corrected chi connectivity index (χ3v) is 6.80. The van der Waals surface area contributed by atoms with Crippen LogP contribution in [0.25, 0.3) is 0 Å². The Hall–Kier alpha value is -2.22. The topological polar surface area (TPSA) is 83.9 Å². The van der Waals surface area contributed by atoms with E-state index in [1.54, 1.807) is 52.0 Å². The number of sulfonamides is 1. The minimum atomic E-state index is -3.95. The van der Waals surface area contributed by atoms with Gasteiger partial charge in [-0.25, -0.2) is 8.42 Å². The maximum absolute atomic E-state index is 13.7. The van der Waals surface area contributed by atoms with E-state index in [9.17, 15) is 18.3 Å². The lowest BCUT2D eigenvalue weighted by molar-refractivity contribution is -0.156. The fraction of sp³-hybridized carbons (Fsp3) is 0.458. The van der Waals surface area contributed by atoms with E-state index < -0.39 is 33.6 Å². The van der Waals surface area contributed by atoms with E-state index in [1.807, 2.05) is 37.3 Å². The average Bonchev–Trinajstić information content (AvgIpc) is 2.69. The largest absolute Gasteiger partial charge is 0.460 e. The molecule has 2 atom stereocenters. The first-order valence-electron chi connectivity index (χ1n) is 10.4. The summed E-state index contributed by atoms with van der Waals surface area (Å²) in [6.45, 7) is 8.73. The predicted octanol–water partition coefficient (Wildman–Crippen LogP) is 3.91. The molecule has 2 aromatic rings. The van der Waals surface area contributed by atoms with Crippen molar-refractivity contribution in [3.05, 3.63) is 65.7 Å². The molecule has 0 saturated carbocycles. The van der Waals surface area contributed by atoms with Gasteiger partial charge in [0.2, 0.25) is 10.0 Å². The first kappa shape index (κ1) is 25.0. The van der Waals surface area contributed by atoms with Crippen LogP contribution in [0.4, 0.5) is 0 Å². The molecular formula is C24H33NO5S. The van der Waals surface area contributed by atoms with Crippen LogP contribution in [0.15, 0.2) is 59.5 Å². The monoisotopic (exact) mass is 447 g/mol. The van der Waals surface area contributed by atoms with E-state index in [0.29, 0.717) is 0 Å². The molecule has 31 heavy (non-hydrogen) atoms. The summed E-state index contributed by atoms with van der Waals surface area (Å²) in [7, 11) is -3.95. The first-order chi connectivity index (χ1) is 14.4. The van der Waals surface area contributed by atoms with Crippen molar-refractivity contribution in [3.63, 3.8) is 0 Å². The van der Waals surface area contributed by atoms with Gasteiger partial charge in [-0.3, -0.25) is 4.79 Å². The van der Waals surface area contributed by atoms with Crippen LogP contribution in [0.2, 0.25) is 0 Å². The van der Waals surface area contributed by atoms with E-state index in [-0.39, 0.29) is 24.5 Å². The number of aryl methyl sites for hydroxylation is 1. The molecule has 0 bridgehead atoms. The van der Waals surface area contributed by atoms with E-state index >= 15 is 0 Å². The van der Waals surface area contributed by atoms with Crippen LogP contribution in [0.1, 0.15) is 45.2 Å². The lowest BCUT2D eigenvalue weighted by Crippen LogP contribution is -2.46. The SMILES string of the molecule is Cc1ccc(S(=O)(=O)N(Cc2ccccc2)[C@@H](CC(=O)OC(C)(C)C)[C@H](C)CO)cc1. The van der Waals surface area contributed by atoms with Crippen molar-refractivity contribution in [2.24, 2.45) is 5.92 Å². The van der Waals surface area contributed by atoms with Gasteiger partial charge in [0.15, 0.2) is 0 Å². The van der Waals surface area contributed by atoms with Gasteiger partial charge in [0.1, 0.15) is 5.60 Å². The molecule has 0 aliphatic rings. The van der Waals surface area contributed by atoms with Crippen LogP contribution >= 0.6 is 0 Å². The molecule has 2 rings (SSSR count).